The van der Waals surface area contributed by atoms with Gasteiger partial charge >= 0.3 is 0 Å². The Morgan fingerprint density at radius 2 is 2.08 bits per heavy atom. The number of aldehydes is 2. The highest BCUT2D eigenvalue weighted by atomic mass is 35.5. The van der Waals surface area contributed by atoms with Gasteiger partial charge in [0.25, 0.3) is 0 Å². The topological polar surface area (TPSA) is 34.1 Å². The molecule has 0 aliphatic heterocycles. The summed E-state index contributed by atoms with van der Waals surface area (Å²) in [6.07, 6.45) is 5.68. The third-order valence-corrected chi connectivity index (χ3v) is 2.30. The summed E-state index contributed by atoms with van der Waals surface area (Å²) in [4.78, 5) is 20.8. The zero-order chi connectivity index (χ0) is 9.19. The SMILES string of the molecule is O=CC1=CC(Cl)(Cl)C(C=O)C=C1. The predicted octanol–water partition coefficient (Wildman–Crippen LogP) is 1.67. The first kappa shape index (κ1) is 9.49. The first-order valence-electron chi connectivity index (χ1n) is 3.29. The molecule has 0 aromatic rings. The summed E-state index contributed by atoms with van der Waals surface area (Å²) in [6.45, 7) is 0. The summed E-state index contributed by atoms with van der Waals surface area (Å²) in [5.74, 6) is -0.579. The first-order valence-corrected chi connectivity index (χ1v) is 4.05. The summed E-state index contributed by atoms with van der Waals surface area (Å²) in [5.41, 5.74) is 0.387. The van der Waals surface area contributed by atoms with E-state index in [0.717, 1.165) is 0 Å². The van der Waals surface area contributed by atoms with Crippen LogP contribution in [-0.2, 0) is 9.59 Å². The highest BCUT2D eigenvalue weighted by Crippen LogP contribution is 2.35. The Labute approximate surface area is 79.8 Å². The molecule has 64 valence electrons. The minimum Gasteiger partial charge on any atom is -0.303 e. The summed E-state index contributed by atoms with van der Waals surface area (Å²) in [5, 5.41) is 0. The fourth-order valence-corrected chi connectivity index (χ4v) is 1.42. The number of halogens is 2. The molecule has 0 aromatic carbocycles. The van der Waals surface area contributed by atoms with E-state index in [1.807, 2.05) is 0 Å². The molecule has 0 aromatic heterocycles. The van der Waals surface area contributed by atoms with E-state index in [1.54, 1.807) is 0 Å². The quantitative estimate of drug-likeness (QED) is 0.507. The molecule has 0 N–H and O–H groups in total. The fourth-order valence-electron chi connectivity index (χ4n) is 0.919. The normalized spacial score (nSPS) is 26.2. The number of carbonyl (C=O) groups excluding carboxylic acids is 2. The second kappa shape index (κ2) is 3.42. The van der Waals surface area contributed by atoms with Crippen LogP contribution < -0.4 is 0 Å². The summed E-state index contributed by atoms with van der Waals surface area (Å²) in [7, 11) is 0. The Morgan fingerprint density at radius 1 is 1.42 bits per heavy atom. The van der Waals surface area contributed by atoms with E-state index in [1.165, 1.54) is 18.2 Å². The van der Waals surface area contributed by atoms with Gasteiger partial charge in [-0.1, -0.05) is 35.4 Å². The molecule has 0 radical (unpaired) electrons. The molecule has 0 fully saturated rings. The lowest BCUT2D eigenvalue weighted by Gasteiger charge is -2.22. The molecule has 0 saturated heterocycles. The highest BCUT2D eigenvalue weighted by molar-refractivity contribution is 6.51. The standard InChI is InChI=1S/C8H6Cl2O2/c9-8(10)3-6(4-11)1-2-7(8)5-12/h1-5,7H. The molecule has 0 heterocycles. The monoisotopic (exact) mass is 204 g/mol. The first-order chi connectivity index (χ1) is 5.60. The molecule has 1 rings (SSSR count). The zero-order valence-electron chi connectivity index (χ0n) is 6.04. The van der Waals surface area contributed by atoms with E-state index in [4.69, 9.17) is 23.2 Å². The fraction of sp³-hybridized carbons (Fsp3) is 0.250. The van der Waals surface area contributed by atoms with Gasteiger partial charge in [-0.05, 0) is 6.08 Å². The van der Waals surface area contributed by atoms with Crippen molar-refractivity contribution in [2.24, 2.45) is 5.92 Å². The van der Waals surface area contributed by atoms with Crippen LogP contribution in [0, 0.1) is 5.92 Å². The van der Waals surface area contributed by atoms with Crippen LogP contribution in [0.1, 0.15) is 0 Å². The Bertz CT molecular complexity index is 266. The molecule has 1 aliphatic carbocycles. The molecule has 0 amide bonds. The second-order valence-electron chi connectivity index (χ2n) is 2.46. The third-order valence-electron chi connectivity index (χ3n) is 1.58. The van der Waals surface area contributed by atoms with Crippen molar-refractivity contribution in [2.45, 2.75) is 4.33 Å². The van der Waals surface area contributed by atoms with E-state index in [9.17, 15) is 9.59 Å². The van der Waals surface area contributed by atoms with Crippen LogP contribution >= 0.6 is 23.2 Å². The molecule has 1 aliphatic rings. The molecule has 1 unspecified atom stereocenters. The molecule has 4 heteroatoms. The van der Waals surface area contributed by atoms with Gasteiger partial charge in [0.15, 0.2) is 0 Å². The van der Waals surface area contributed by atoms with Gasteiger partial charge in [0.2, 0.25) is 0 Å². The minimum absolute atomic E-state index is 0.387. The van der Waals surface area contributed by atoms with Crippen LogP contribution in [0.25, 0.3) is 0 Å². The molecule has 12 heavy (non-hydrogen) atoms. The van der Waals surface area contributed by atoms with Gasteiger partial charge in [-0.2, -0.15) is 0 Å². The lowest BCUT2D eigenvalue weighted by atomic mass is 9.97. The number of allylic oxidation sites excluding steroid dienone is 4. The van der Waals surface area contributed by atoms with Crippen molar-refractivity contribution in [2.75, 3.05) is 0 Å². The number of hydrogen-bond donors (Lipinski definition) is 0. The average molecular weight is 205 g/mol. The van der Waals surface area contributed by atoms with Crippen LogP contribution in [0.4, 0.5) is 0 Å². The molecule has 0 bridgehead atoms. The van der Waals surface area contributed by atoms with Gasteiger partial charge in [-0.3, -0.25) is 4.79 Å². The van der Waals surface area contributed by atoms with Crippen LogP contribution in [0.15, 0.2) is 23.8 Å². The third kappa shape index (κ3) is 1.76. The second-order valence-corrected chi connectivity index (χ2v) is 3.90. The minimum atomic E-state index is -1.28. The lowest BCUT2D eigenvalue weighted by molar-refractivity contribution is -0.110. The Hall–Kier alpha value is -0.600. The van der Waals surface area contributed by atoms with Crippen molar-refractivity contribution < 1.29 is 9.59 Å². The van der Waals surface area contributed by atoms with Gasteiger partial charge in [0.05, 0.1) is 5.92 Å². The van der Waals surface area contributed by atoms with E-state index in [0.29, 0.717) is 18.1 Å². The number of alkyl halides is 2. The van der Waals surface area contributed by atoms with Crippen LogP contribution in [0.2, 0.25) is 0 Å². The smallest absolute Gasteiger partial charge is 0.150 e. The maximum absolute atomic E-state index is 10.4. The molecular formula is C8H6Cl2O2. The van der Waals surface area contributed by atoms with E-state index < -0.39 is 10.3 Å². The molecule has 0 spiro atoms. The van der Waals surface area contributed by atoms with Crippen molar-refractivity contribution in [1.82, 2.24) is 0 Å². The summed E-state index contributed by atoms with van der Waals surface area (Å²) >= 11 is 11.5. The molecule has 2 nitrogen and oxygen atoms in total. The Morgan fingerprint density at radius 3 is 2.50 bits per heavy atom. The van der Waals surface area contributed by atoms with Gasteiger partial charge in [-0.15, -0.1) is 0 Å². The van der Waals surface area contributed by atoms with Crippen LogP contribution in [0.5, 0.6) is 0 Å². The zero-order valence-corrected chi connectivity index (χ0v) is 7.55. The summed E-state index contributed by atoms with van der Waals surface area (Å²) in [6, 6.07) is 0. The Kier molecular flexibility index (Phi) is 2.70. The van der Waals surface area contributed by atoms with Gasteiger partial charge in [-0.25, -0.2) is 0 Å². The van der Waals surface area contributed by atoms with Crippen LogP contribution in [0.3, 0.4) is 0 Å². The average Bonchev–Trinajstić information content (AvgIpc) is 2.02. The maximum atomic E-state index is 10.4. The number of carbonyl (C=O) groups is 2. The molecule has 0 saturated carbocycles. The van der Waals surface area contributed by atoms with Crippen LogP contribution in [-0.4, -0.2) is 16.9 Å². The van der Waals surface area contributed by atoms with Crippen molar-refractivity contribution in [1.29, 1.82) is 0 Å². The molecule has 1 atom stereocenters. The van der Waals surface area contributed by atoms with Crippen molar-refractivity contribution in [3.8, 4) is 0 Å². The highest BCUT2D eigenvalue weighted by Gasteiger charge is 2.33. The van der Waals surface area contributed by atoms with Crippen molar-refractivity contribution in [3.05, 3.63) is 23.8 Å². The summed E-state index contributed by atoms with van der Waals surface area (Å²) < 4.78 is -1.28. The van der Waals surface area contributed by atoms with E-state index in [2.05, 4.69) is 0 Å². The largest absolute Gasteiger partial charge is 0.303 e. The Balaban J connectivity index is 2.97. The van der Waals surface area contributed by atoms with Crippen molar-refractivity contribution >= 4 is 35.8 Å². The van der Waals surface area contributed by atoms with Gasteiger partial charge in [0.1, 0.15) is 16.9 Å². The van der Waals surface area contributed by atoms with Gasteiger partial charge < -0.3 is 4.79 Å². The van der Waals surface area contributed by atoms with Crippen molar-refractivity contribution in [3.63, 3.8) is 0 Å². The number of hydrogen-bond acceptors (Lipinski definition) is 2. The van der Waals surface area contributed by atoms with E-state index in [-0.39, 0.29) is 0 Å². The predicted molar refractivity (Wildman–Crippen MR) is 47.3 cm³/mol. The van der Waals surface area contributed by atoms with E-state index >= 15 is 0 Å². The lowest BCUT2D eigenvalue weighted by Crippen LogP contribution is -2.25. The number of rotatable bonds is 2. The molecular weight excluding hydrogens is 199 g/mol. The van der Waals surface area contributed by atoms with Gasteiger partial charge in [0, 0.05) is 5.57 Å². The maximum Gasteiger partial charge on any atom is 0.150 e.